The van der Waals surface area contributed by atoms with Gasteiger partial charge < -0.3 is 14.5 Å². The maximum Gasteiger partial charge on any atom is 0.222 e. The van der Waals surface area contributed by atoms with E-state index in [2.05, 4.69) is 28.2 Å². The molecule has 1 amide bonds. The van der Waals surface area contributed by atoms with E-state index in [-0.39, 0.29) is 5.91 Å². The zero-order chi connectivity index (χ0) is 15.6. The lowest BCUT2D eigenvalue weighted by Crippen LogP contribution is -2.35. The number of rotatable bonds is 4. The van der Waals surface area contributed by atoms with E-state index in [0.29, 0.717) is 6.42 Å². The van der Waals surface area contributed by atoms with Crippen molar-refractivity contribution in [1.29, 1.82) is 0 Å². The van der Waals surface area contributed by atoms with Gasteiger partial charge in [0, 0.05) is 67.0 Å². The molecule has 0 saturated carbocycles. The molecular formula is C18H20N4O. The first kappa shape index (κ1) is 14.1. The molecule has 0 bridgehead atoms. The third-order valence-corrected chi connectivity index (χ3v) is 4.60. The van der Waals surface area contributed by atoms with Crippen LogP contribution in [0.2, 0.25) is 0 Å². The summed E-state index contributed by atoms with van der Waals surface area (Å²) in [6.07, 6.45) is 7.86. The number of aryl methyl sites for hydroxylation is 1. The van der Waals surface area contributed by atoms with Gasteiger partial charge in [-0.25, -0.2) is 4.98 Å². The van der Waals surface area contributed by atoms with Gasteiger partial charge in [-0.05, 0) is 12.5 Å². The largest absolute Gasteiger partial charge is 0.358 e. The highest BCUT2D eigenvalue weighted by molar-refractivity contribution is 5.86. The van der Waals surface area contributed by atoms with Gasteiger partial charge in [-0.15, -0.1) is 0 Å². The average molecular weight is 308 g/mol. The lowest BCUT2D eigenvalue weighted by Gasteiger charge is -2.27. The van der Waals surface area contributed by atoms with Gasteiger partial charge >= 0.3 is 0 Å². The molecule has 3 heterocycles. The first-order chi connectivity index (χ1) is 11.3. The Bertz CT molecular complexity index is 819. The number of fused-ring (bicyclic) bond motifs is 3. The van der Waals surface area contributed by atoms with Crippen molar-refractivity contribution in [2.75, 3.05) is 6.54 Å². The number of imidazole rings is 1. The van der Waals surface area contributed by atoms with Crippen LogP contribution in [0.1, 0.15) is 24.1 Å². The van der Waals surface area contributed by atoms with Crippen LogP contribution in [0.3, 0.4) is 0 Å². The fourth-order valence-electron chi connectivity index (χ4n) is 3.37. The summed E-state index contributed by atoms with van der Waals surface area (Å²) in [6, 6.07) is 8.34. The summed E-state index contributed by atoms with van der Waals surface area (Å²) in [7, 11) is 0. The Morgan fingerprint density at radius 2 is 2.22 bits per heavy atom. The molecule has 23 heavy (non-hydrogen) atoms. The van der Waals surface area contributed by atoms with Gasteiger partial charge in [0.2, 0.25) is 5.91 Å². The summed E-state index contributed by atoms with van der Waals surface area (Å²) in [5.74, 6) is 0.251. The molecule has 0 fully saturated rings. The molecule has 3 aromatic rings. The molecule has 5 heteroatoms. The number of carbonyl (C=O) groups excluding carboxylic acids is 1. The van der Waals surface area contributed by atoms with Crippen molar-refractivity contribution >= 4 is 16.8 Å². The standard InChI is InChI=1S/C18H20N4O/c23-18(6-3-9-21-11-8-19-13-21)22-10-7-17-15(12-22)14-4-1-2-5-16(14)20-17/h1-2,4-5,8,11,13,20H,3,6-7,9-10,12H2. The monoisotopic (exact) mass is 308 g/mol. The van der Waals surface area contributed by atoms with E-state index in [9.17, 15) is 4.79 Å². The average Bonchev–Trinajstić information content (AvgIpc) is 3.21. The topological polar surface area (TPSA) is 53.9 Å². The predicted molar refractivity (Wildman–Crippen MR) is 88.9 cm³/mol. The van der Waals surface area contributed by atoms with Crippen molar-refractivity contribution in [3.63, 3.8) is 0 Å². The lowest BCUT2D eigenvalue weighted by atomic mass is 10.0. The summed E-state index contributed by atoms with van der Waals surface area (Å²) in [5.41, 5.74) is 3.75. The quantitative estimate of drug-likeness (QED) is 0.805. The molecule has 1 aliphatic rings. The smallest absolute Gasteiger partial charge is 0.222 e. The Morgan fingerprint density at radius 3 is 3.09 bits per heavy atom. The molecule has 0 radical (unpaired) electrons. The predicted octanol–water partition coefficient (Wildman–Crippen LogP) is 2.73. The molecular weight excluding hydrogens is 288 g/mol. The summed E-state index contributed by atoms with van der Waals surface area (Å²) < 4.78 is 2.02. The van der Waals surface area contributed by atoms with Crippen LogP contribution in [0, 0.1) is 0 Å². The van der Waals surface area contributed by atoms with Crippen LogP contribution in [-0.2, 0) is 24.3 Å². The fraction of sp³-hybridized carbons (Fsp3) is 0.333. The van der Waals surface area contributed by atoms with Crippen molar-refractivity contribution in [1.82, 2.24) is 19.4 Å². The second-order valence-electron chi connectivity index (χ2n) is 6.10. The molecule has 1 aromatic carbocycles. The number of para-hydroxylation sites is 1. The molecule has 2 aromatic heterocycles. The number of nitrogens with zero attached hydrogens (tertiary/aromatic N) is 3. The molecule has 118 valence electrons. The Balaban J connectivity index is 1.42. The van der Waals surface area contributed by atoms with Crippen molar-refractivity contribution in [3.8, 4) is 0 Å². The minimum Gasteiger partial charge on any atom is -0.358 e. The zero-order valence-electron chi connectivity index (χ0n) is 13.0. The summed E-state index contributed by atoms with van der Waals surface area (Å²) in [5, 5.41) is 1.25. The lowest BCUT2D eigenvalue weighted by molar-refractivity contribution is -0.132. The number of benzene rings is 1. The van der Waals surface area contributed by atoms with E-state index >= 15 is 0 Å². The van der Waals surface area contributed by atoms with Crippen molar-refractivity contribution < 1.29 is 4.79 Å². The SMILES string of the molecule is O=C(CCCn1ccnc1)N1CCc2[nH]c3ccccc3c2C1. The molecule has 0 aliphatic carbocycles. The highest BCUT2D eigenvalue weighted by atomic mass is 16.2. The second kappa shape index (κ2) is 5.91. The van der Waals surface area contributed by atoms with E-state index in [4.69, 9.17) is 0 Å². The third-order valence-electron chi connectivity index (χ3n) is 4.60. The molecule has 0 unspecified atom stereocenters. The van der Waals surface area contributed by atoms with Crippen molar-refractivity contribution in [2.24, 2.45) is 0 Å². The second-order valence-corrected chi connectivity index (χ2v) is 6.10. The van der Waals surface area contributed by atoms with Crippen molar-refractivity contribution in [2.45, 2.75) is 32.4 Å². The van der Waals surface area contributed by atoms with Gasteiger partial charge in [0.25, 0.3) is 0 Å². The molecule has 0 atom stereocenters. The maximum atomic E-state index is 12.5. The van der Waals surface area contributed by atoms with Crippen LogP contribution >= 0.6 is 0 Å². The highest BCUT2D eigenvalue weighted by Crippen LogP contribution is 2.27. The minimum atomic E-state index is 0.251. The number of hydrogen-bond donors (Lipinski definition) is 1. The first-order valence-corrected chi connectivity index (χ1v) is 8.13. The third kappa shape index (κ3) is 2.74. The van der Waals surface area contributed by atoms with Crippen LogP contribution in [0.4, 0.5) is 0 Å². The Morgan fingerprint density at radius 1 is 1.30 bits per heavy atom. The van der Waals surface area contributed by atoms with Gasteiger partial charge in [0.1, 0.15) is 0 Å². The number of aromatic amines is 1. The Kier molecular flexibility index (Phi) is 3.61. The zero-order valence-corrected chi connectivity index (χ0v) is 13.0. The van der Waals surface area contributed by atoms with E-state index in [1.807, 2.05) is 21.7 Å². The van der Waals surface area contributed by atoms with Gasteiger partial charge in [0.05, 0.1) is 6.33 Å². The summed E-state index contributed by atoms with van der Waals surface area (Å²) in [4.78, 5) is 22.0. The normalized spacial score (nSPS) is 14.2. The van der Waals surface area contributed by atoms with Gasteiger partial charge in [-0.2, -0.15) is 0 Å². The van der Waals surface area contributed by atoms with Crippen LogP contribution in [0.25, 0.3) is 10.9 Å². The summed E-state index contributed by atoms with van der Waals surface area (Å²) in [6.45, 7) is 2.38. The Labute approximate surface area is 134 Å². The van der Waals surface area contributed by atoms with Crippen LogP contribution in [0.5, 0.6) is 0 Å². The number of hydrogen-bond acceptors (Lipinski definition) is 2. The number of H-pyrrole nitrogens is 1. The molecule has 5 nitrogen and oxygen atoms in total. The number of amides is 1. The van der Waals surface area contributed by atoms with Gasteiger partial charge in [0.15, 0.2) is 0 Å². The first-order valence-electron chi connectivity index (χ1n) is 8.13. The van der Waals surface area contributed by atoms with Crippen LogP contribution < -0.4 is 0 Å². The van der Waals surface area contributed by atoms with Crippen LogP contribution in [0.15, 0.2) is 43.0 Å². The summed E-state index contributed by atoms with van der Waals surface area (Å²) >= 11 is 0. The number of aromatic nitrogens is 3. The maximum absolute atomic E-state index is 12.5. The van der Waals surface area contributed by atoms with Gasteiger partial charge in [-0.3, -0.25) is 4.79 Å². The number of nitrogens with one attached hydrogen (secondary N) is 1. The molecule has 1 N–H and O–H groups in total. The van der Waals surface area contributed by atoms with Crippen LogP contribution in [-0.4, -0.2) is 31.9 Å². The Hall–Kier alpha value is -2.56. The van der Waals surface area contributed by atoms with Gasteiger partial charge in [-0.1, -0.05) is 18.2 Å². The van der Waals surface area contributed by atoms with E-state index in [1.54, 1.807) is 12.5 Å². The van der Waals surface area contributed by atoms with E-state index < -0.39 is 0 Å². The molecule has 4 rings (SSSR count). The molecule has 0 spiro atoms. The minimum absolute atomic E-state index is 0.251. The molecule has 1 aliphatic heterocycles. The van der Waals surface area contributed by atoms with E-state index in [0.717, 1.165) is 32.5 Å². The van der Waals surface area contributed by atoms with E-state index in [1.165, 1.54) is 22.2 Å². The number of carbonyl (C=O) groups is 1. The fourth-order valence-corrected chi connectivity index (χ4v) is 3.37. The molecule has 0 saturated heterocycles. The van der Waals surface area contributed by atoms with Crippen molar-refractivity contribution in [3.05, 3.63) is 54.2 Å². The highest BCUT2D eigenvalue weighted by Gasteiger charge is 2.23.